The van der Waals surface area contributed by atoms with E-state index in [0.717, 1.165) is 62.6 Å². The van der Waals surface area contributed by atoms with Gasteiger partial charge in [0.2, 0.25) is 0 Å². The van der Waals surface area contributed by atoms with E-state index in [-0.39, 0.29) is 24.8 Å². The second kappa shape index (κ2) is 12.1. The predicted octanol–water partition coefficient (Wildman–Crippen LogP) is 7.69. The van der Waals surface area contributed by atoms with Crippen LogP contribution in [0.25, 0.3) is 21.8 Å². The topological polar surface area (TPSA) is 49.8 Å². The Morgan fingerprint density at radius 2 is 0.972 bits per heavy atom. The van der Waals surface area contributed by atoms with Crippen molar-refractivity contribution in [1.82, 2.24) is 9.97 Å². The van der Waals surface area contributed by atoms with Gasteiger partial charge in [0.25, 0.3) is 0 Å². The van der Waals surface area contributed by atoms with Crippen LogP contribution in [0.3, 0.4) is 0 Å². The zero-order valence-electron chi connectivity index (χ0n) is 20.8. The molecular formula is C30H36Cl2N4. The Bertz CT molecular complexity index is 1230. The summed E-state index contributed by atoms with van der Waals surface area (Å²) in [4.78, 5) is 9.95. The number of pyridine rings is 2. The second-order valence-corrected chi connectivity index (χ2v) is 9.83. The molecule has 6 heteroatoms. The molecule has 0 bridgehead atoms. The molecule has 36 heavy (non-hydrogen) atoms. The SMILES string of the molecule is Cl.Cl.c1ccc2c(NCCCCNc3c4c(nc5ccccc35)CCCC4)c3c(nc2c1)CCCC3. The second-order valence-electron chi connectivity index (χ2n) is 9.83. The number of anilines is 2. The maximum absolute atomic E-state index is 4.97. The van der Waals surface area contributed by atoms with Crippen molar-refractivity contribution < 1.29 is 0 Å². The van der Waals surface area contributed by atoms with E-state index in [1.54, 1.807) is 0 Å². The van der Waals surface area contributed by atoms with Gasteiger partial charge in [-0.3, -0.25) is 9.97 Å². The van der Waals surface area contributed by atoms with E-state index in [1.165, 1.54) is 70.3 Å². The summed E-state index contributed by atoms with van der Waals surface area (Å²) < 4.78 is 0. The molecular weight excluding hydrogens is 487 g/mol. The van der Waals surface area contributed by atoms with E-state index in [1.807, 2.05) is 0 Å². The van der Waals surface area contributed by atoms with Crippen LogP contribution in [0.1, 0.15) is 61.0 Å². The molecule has 0 atom stereocenters. The lowest BCUT2D eigenvalue weighted by molar-refractivity contribution is 0.670. The van der Waals surface area contributed by atoms with Crippen molar-refractivity contribution in [2.75, 3.05) is 23.7 Å². The lowest BCUT2D eigenvalue weighted by atomic mass is 9.92. The normalized spacial score (nSPS) is 14.3. The molecule has 2 aliphatic carbocycles. The summed E-state index contributed by atoms with van der Waals surface area (Å²) in [5, 5.41) is 10.2. The van der Waals surface area contributed by atoms with E-state index in [9.17, 15) is 0 Å². The van der Waals surface area contributed by atoms with E-state index in [0.29, 0.717) is 0 Å². The number of aromatic nitrogens is 2. The fourth-order valence-corrected chi connectivity index (χ4v) is 5.83. The Kier molecular flexibility index (Phi) is 8.92. The quantitative estimate of drug-likeness (QED) is 0.244. The number of nitrogens with one attached hydrogen (secondary N) is 2. The van der Waals surface area contributed by atoms with Crippen molar-refractivity contribution in [1.29, 1.82) is 0 Å². The molecule has 4 aromatic rings. The summed E-state index contributed by atoms with van der Waals surface area (Å²) in [5.74, 6) is 0. The standard InChI is InChI=1S/C30H34N4.2ClH/c1-5-15-25-21(11-1)29(22-12-2-6-16-26(22)33-25)31-19-9-10-20-32-30-23-13-3-7-17-27(23)34-28-18-8-4-14-24(28)30;;/h1,3,5,7,11,13,15,17H,2,4,6,8-10,12,14,16,18-20H2,(H,31,33)(H,32,34);2*1H. The van der Waals surface area contributed by atoms with Crippen LogP contribution in [0.4, 0.5) is 11.4 Å². The number of para-hydroxylation sites is 2. The molecule has 0 aliphatic heterocycles. The summed E-state index contributed by atoms with van der Waals surface area (Å²) >= 11 is 0. The van der Waals surface area contributed by atoms with Crippen molar-refractivity contribution in [3.05, 3.63) is 71.0 Å². The van der Waals surface area contributed by atoms with Crippen LogP contribution >= 0.6 is 24.8 Å². The van der Waals surface area contributed by atoms with Crippen LogP contribution in [0, 0.1) is 0 Å². The molecule has 2 N–H and O–H groups in total. The molecule has 0 saturated heterocycles. The highest BCUT2D eigenvalue weighted by molar-refractivity contribution is 5.94. The largest absolute Gasteiger partial charge is 0.384 e. The van der Waals surface area contributed by atoms with Crippen molar-refractivity contribution in [3.63, 3.8) is 0 Å². The van der Waals surface area contributed by atoms with Crippen molar-refractivity contribution in [3.8, 4) is 0 Å². The summed E-state index contributed by atoms with van der Waals surface area (Å²) in [6.07, 6.45) is 11.9. The number of nitrogens with zero attached hydrogens (tertiary/aromatic N) is 2. The lowest BCUT2D eigenvalue weighted by Gasteiger charge is -2.22. The van der Waals surface area contributed by atoms with Crippen LogP contribution in [-0.2, 0) is 25.7 Å². The number of hydrogen-bond acceptors (Lipinski definition) is 4. The fourth-order valence-electron chi connectivity index (χ4n) is 5.83. The number of unbranched alkanes of at least 4 members (excludes halogenated alkanes) is 1. The number of benzene rings is 2. The molecule has 0 spiro atoms. The van der Waals surface area contributed by atoms with Gasteiger partial charge >= 0.3 is 0 Å². The number of rotatable bonds is 7. The molecule has 2 aliphatic rings. The van der Waals surface area contributed by atoms with Gasteiger partial charge in [-0.1, -0.05) is 36.4 Å². The van der Waals surface area contributed by atoms with Gasteiger partial charge in [0.1, 0.15) is 0 Å². The van der Waals surface area contributed by atoms with E-state index >= 15 is 0 Å². The smallest absolute Gasteiger partial charge is 0.0726 e. The third-order valence-electron chi connectivity index (χ3n) is 7.55. The average Bonchev–Trinajstić information content (AvgIpc) is 2.89. The molecule has 0 amide bonds. The first-order chi connectivity index (χ1) is 16.9. The van der Waals surface area contributed by atoms with Gasteiger partial charge in [-0.2, -0.15) is 0 Å². The molecule has 0 saturated carbocycles. The van der Waals surface area contributed by atoms with Crippen molar-refractivity contribution in [2.24, 2.45) is 0 Å². The Balaban J connectivity index is 0.00000152. The molecule has 4 nitrogen and oxygen atoms in total. The molecule has 0 radical (unpaired) electrons. The van der Waals surface area contributed by atoms with Gasteiger partial charge in [0.05, 0.1) is 11.0 Å². The fraction of sp³-hybridized carbons (Fsp3) is 0.400. The minimum Gasteiger partial charge on any atom is -0.384 e. The summed E-state index contributed by atoms with van der Waals surface area (Å²) in [5.41, 5.74) is 10.5. The van der Waals surface area contributed by atoms with E-state index in [4.69, 9.17) is 9.97 Å². The number of fused-ring (bicyclic) bond motifs is 4. The monoisotopic (exact) mass is 522 g/mol. The van der Waals surface area contributed by atoms with Crippen LogP contribution in [0.5, 0.6) is 0 Å². The Labute approximate surface area is 226 Å². The molecule has 0 fully saturated rings. The highest BCUT2D eigenvalue weighted by atomic mass is 35.5. The van der Waals surface area contributed by atoms with E-state index < -0.39 is 0 Å². The molecule has 0 unspecified atom stereocenters. The minimum atomic E-state index is 0. The van der Waals surface area contributed by atoms with Gasteiger partial charge in [-0.05, 0) is 87.5 Å². The first-order valence-electron chi connectivity index (χ1n) is 13.2. The third kappa shape index (κ3) is 5.26. The molecule has 2 aromatic heterocycles. The Morgan fingerprint density at radius 3 is 1.44 bits per heavy atom. The van der Waals surface area contributed by atoms with Gasteiger partial charge in [0, 0.05) is 46.6 Å². The highest BCUT2D eigenvalue weighted by Gasteiger charge is 2.19. The minimum absolute atomic E-state index is 0. The maximum Gasteiger partial charge on any atom is 0.0726 e. The zero-order valence-corrected chi connectivity index (χ0v) is 22.4. The van der Waals surface area contributed by atoms with Gasteiger partial charge < -0.3 is 10.6 Å². The van der Waals surface area contributed by atoms with E-state index in [2.05, 4.69) is 59.2 Å². The van der Waals surface area contributed by atoms with Gasteiger partial charge in [-0.15, -0.1) is 24.8 Å². The zero-order chi connectivity index (χ0) is 22.7. The van der Waals surface area contributed by atoms with Crippen LogP contribution < -0.4 is 10.6 Å². The highest BCUT2D eigenvalue weighted by Crippen LogP contribution is 2.34. The average molecular weight is 524 g/mol. The van der Waals surface area contributed by atoms with Gasteiger partial charge in [0.15, 0.2) is 0 Å². The van der Waals surface area contributed by atoms with Crippen molar-refractivity contribution >= 4 is 58.0 Å². The Hall–Kier alpha value is -2.56. The first-order valence-corrected chi connectivity index (χ1v) is 13.2. The third-order valence-corrected chi connectivity index (χ3v) is 7.55. The Morgan fingerprint density at radius 1 is 0.556 bits per heavy atom. The van der Waals surface area contributed by atoms with Crippen LogP contribution in [0.2, 0.25) is 0 Å². The number of halogens is 2. The number of hydrogen-bond donors (Lipinski definition) is 2. The molecule has 2 aromatic carbocycles. The summed E-state index contributed by atoms with van der Waals surface area (Å²) in [7, 11) is 0. The number of aryl methyl sites for hydroxylation is 2. The molecule has 190 valence electrons. The van der Waals surface area contributed by atoms with Crippen LogP contribution in [0.15, 0.2) is 48.5 Å². The lowest BCUT2D eigenvalue weighted by Crippen LogP contribution is -2.14. The van der Waals surface area contributed by atoms with Crippen molar-refractivity contribution in [2.45, 2.75) is 64.2 Å². The molecule has 2 heterocycles. The maximum atomic E-state index is 4.97. The summed E-state index contributed by atoms with van der Waals surface area (Å²) in [6, 6.07) is 17.2. The van der Waals surface area contributed by atoms with Crippen LogP contribution in [-0.4, -0.2) is 23.1 Å². The molecule has 6 rings (SSSR count). The first kappa shape index (κ1) is 26.5. The predicted molar refractivity (Wildman–Crippen MR) is 157 cm³/mol. The van der Waals surface area contributed by atoms with Gasteiger partial charge in [-0.25, -0.2) is 0 Å². The summed E-state index contributed by atoms with van der Waals surface area (Å²) in [6.45, 7) is 1.99.